The highest BCUT2D eigenvalue weighted by Gasteiger charge is 2.10. The Balaban J connectivity index is 2.41. The van der Waals surface area contributed by atoms with Gasteiger partial charge in [-0.25, -0.2) is 0 Å². The van der Waals surface area contributed by atoms with Crippen molar-refractivity contribution in [1.29, 1.82) is 0 Å². The van der Waals surface area contributed by atoms with E-state index in [2.05, 4.69) is 44.6 Å². The Morgan fingerprint density at radius 1 is 1.29 bits per heavy atom. The van der Waals surface area contributed by atoms with E-state index in [4.69, 9.17) is 9.84 Å². The molecular weight excluding hydrogens is 262 g/mol. The van der Waals surface area contributed by atoms with Crippen molar-refractivity contribution in [2.45, 2.75) is 33.2 Å². The van der Waals surface area contributed by atoms with Crippen LogP contribution in [0.3, 0.4) is 0 Å². The number of nitrogens with zero attached hydrogens (tertiary/aromatic N) is 1. The molecule has 0 amide bonds. The van der Waals surface area contributed by atoms with Crippen LogP contribution in [-0.2, 0) is 0 Å². The first kappa shape index (κ1) is 17.6. The molecule has 0 aliphatic rings. The second-order valence-corrected chi connectivity index (χ2v) is 5.80. The van der Waals surface area contributed by atoms with Crippen LogP contribution in [0.25, 0.3) is 0 Å². The van der Waals surface area contributed by atoms with Crippen molar-refractivity contribution in [3.05, 3.63) is 29.8 Å². The van der Waals surface area contributed by atoms with Crippen LogP contribution in [0.4, 0.5) is 0 Å². The lowest BCUT2D eigenvalue weighted by atomic mass is 10.0. The number of aliphatic hydroxyl groups excluding tert-OH is 1. The van der Waals surface area contributed by atoms with E-state index in [-0.39, 0.29) is 6.61 Å². The molecule has 0 saturated carbocycles. The zero-order chi connectivity index (χ0) is 15.7. The fourth-order valence-corrected chi connectivity index (χ4v) is 2.20. The Morgan fingerprint density at radius 3 is 2.71 bits per heavy atom. The average molecular weight is 289 g/mol. The van der Waals surface area contributed by atoms with Gasteiger partial charge in [-0.05, 0) is 44.5 Å². The number of rotatable bonds is 7. The third kappa shape index (κ3) is 7.17. The smallest absolute Gasteiger partial charge is 0.120 e. The normalized spacial score (nSPS) is 12.1. The molecule has 0 heterocycles. The van der Waals surface area contributed by atoms with Crippen molar-refractivity contribution in [1.82, 2.24) is 4.90 Å². The monoisotopic (exact) mass is 289 g/mol. The summed E-state index contributed by atoms with van der Waals surface area (Å²) in [5.41, 5.74) is 0.864. The predicted molar refractivity (Wildman–Crippen MR) is 87.4 cm³/mol. The molecule has 1 unspecified atom stereocenters. The van der Waals surface area contributed by atoms with Gasteiger partial charge >= 0.3 is 0 Å². The summed E-state index contributed by atoms with van der Waals surface area (Å²) in [6.07, 6.45) is 1.20. The Kier molecular flexibility index (Phi) is 7.89. The van der Waals surface area contributed by atoms with Gasteiger partial charge in [-0.3, -0.25) is 0 Å². The zero-order valence-corrected chi connectivity index (χ0v) is 13.6. The van der Waals surface area contributed by atoms with Crippen molar-refractivity contribution in [2.24, 2.45) is 5.92 Å². The maximum absolute atomic E-state index is 8.70. The van der Waals surface area contributed by atoms with Crippen LogP contribution >= 0.6 is 0 Å². The minimum atomic E-state index is -0.121. The summed E-state index contributed by atoms with van der Waals surface area (Å²) in [6, 6.07) is 8.23. The van der Waals surface area contributed by atoms with E-state index in [1.807, 2.05) is 24.3 Å². The Bertz CT molecular complexity index is 474. The van der Waals surface area contributed by atoms with Gasteiger partial charge < -0.3 is 14.7 Å². The van der Waals surface area contributed by atoms with Crippen molar-refractivity contribution in [3.8, 4) is 17.6 Å². The van der Waals surface area contributed by atoms with Gasteiger partial charge in [-0.15, -0.1) is 0 Å². The molecular formula is C18H27NO2. The van der Waals surface area contributed by atoms with Crippen LogP contribution in [0.2, 0.25) is 0 Å². The zero-order valence-electron chi connectivity index (χ0n) is 13.6. The van der Waals surface area contributed by atoms with E-state index >= 15 is 0 Å². The maximum Gasteiger partial charge on any atom is 0.120 e. The summed E-state index contributed by atoms with van der Waals surface area (Å²) in [5.74, 6) is 7.06. The lowest BCUT2D eigenvalue weighted by molar-refractivity contribution is 0.184. The molecule has 1 N–H and O–H groups in total. The van der Waals surface area contributed by atoms with E-state index in [0.717, 1.165) is 17.9 Å². The summed E-state index contributed by atoms with van der Waals surface area (Å²) in [6.45, 7) is 8.20. The Hall–Kier alpha value is -1.50. The number of likely N-dealkylation sites (N-methyl/N-ethyl adjacent to an activating group) is 1. The van der Waals surface area contributed by atoms with Crippen LogP contribution in [0, 0.1) is 17.8 Å². The van der Waals surface area contributed by atoms with Gasteiger partial charge in [0.2, 0.25) is 0 Å². The second-order valence-electron chi connectivity index (χ2n) is 5.80. The van der Waals surface area contributed by atoms with Crippen molar-refractivity contribution < 1.29 is 9.84 Å². The molecule has 0 radical (unpaired) electrons. The van der Waals surface area contributed by atoms with Gasteiger partial charge in [0.25, 0.3) is 0 Å². The predicted octanol–water partition coefficient (Wildman–Crippen LogP) is 2.78. The summed E-state index contributed by atoms with van der Waals surface area (Å²) >= 11 is 0. The molecule has 3 nitrogen and oxygen atoms in total. The first-order valence-electron chi connectivity index (χ1n) is 7.55. The molecule has 116 valence electrons. The lowest BCUT2D eigenvalue weighted by Gasteiger charge is -2.26. The summed E-state index contributed by atoms with van der Waals surface area (Å²) in [4.78, 5) is 2.33. The molecule has 3 heteroatoms. The minimum absolute atomic E-state index is 0.121. The summed E-state index contributed by atoms with van der Waals surface area (Å²) < 4.78 is 5.78. The van der Waals surface area contributed by atoms with Crippen LogP contribution in [0.15, 0.2) is 24.3 Å². The van der Waals surface area contributed by atoms with Crippen LogP contribution < -0.4 is 4.74 Å². The minimum Gasteiger partial charge on any atom is -0.492 e. The van der Waals surface area contributed by atoms with Gasteiger partial charge in [0, 0.05) is 18.2 Å². The SMILES string of the molecule is CC(C)CC(C)N(C)CCOc1cccc(C#CCO)c1. The highest BCUT2D eigenvalue weighted by Crippen LogP contribution is 2.13. The molecule has 1 atom stereocenters. The quantitative estimate of drug-likeness (QED) is 0.784. The van der Waals surface area contributed by atoms with Crippen molar-refractivity contribution in [3.63, 3.8) is 0 Å². The second kappa shape index (κ2) is 9.44. The fourth-order valence-electron chi connectivity index (χ4n) is 2.20. The van der Waals surface area contributed by atoms with Crippen LogP contribution in [0.5, 0.6) is 5.75 Å². The molecule has 1 rings (SSSR count). The molecule has 0 saturated heterocycles. The van der Waals surface area contributed by atoms with Crippen LogP contribution in [0.1, 0.15) is 32.8 Å². The first-order chi connectivity index (χ1) is 10.0. The van der Waals surface area contributed by atoms with Crippen molar-refractivity contribution >= 4 is 0 Å². The van der Waals surface area contributed by atoms with E-state index in [0.29, 0.717) is 18.6 Å². The van der Waals surface area contributed by atoms with Crippen LogP contribution in [-0.4, -0.2) is 42.9 Å². The molecule has 0 aliphatic heterocycles. The summed E-state index contributed by atoms with van der Waals surface area (Å²) in [5, 5.41) is 8.70. The molecule has 0 fully saturated rings. The Morgan fingerprint density at radius 2 is 2.05 bits per heavy atom. The van der Waals surface area contributed by atoms with Gasteiger partial charge in [0.05, 0.1) is 0 Å². The van der Waals surface area contributed by atoms with Gasteiger partial charge in [-0.1, -0.05) is 31.8 Å². The van der Waals surface area contributed by atoms with E-state index in [1.54, 1.807) is 0 Å². The van der Waals surface area contributed by atoms with Crippen molar-refractivity contribution in [2.75, 3.05) is 26.8 Å². The van der Waals surface area contributed by atoms with Gasteiger partial charge in [0.1, 0.15) is 19.0 Å². The number of aliphatic hydroxyl groups is 1. The maximum atomic E-state index is 8.70. The highest BCUT2D eigenvalue weighted by molar-refractivity contribution is 5.39. The topological polar surface area (TPSA) is 32.7 Å². The molecule has 0 bridgehead atoms. The fraction of sp³-hybridized carbons (Fsp3) is 0.556. The molecule has 21 heavy (non-hydrogen) atoms. The van der Waals surface area contributed by atoms with E-state index in [1.165, 1.54) is 6.42 Å². The molecule has 0 aliphatic carbocycles. The third-order valence-corrected chi connectivity index (χ3v) is 3.42. The Labute approximate surface area is 128 Å². The number of ether oxygens (including phenoxy) is 1. The summed E-state index contributed by atoms with van der Waals surface area (Å²) in [7, 11) is 2.14. The average Bonchev–Trinajstić information content (AvgIpc) is 2.44. The molecule has 0 spiro atoms. The van der Waals surface area contributed by atoms with E-state index in [9.17, 15) is 0 Å². The highest BCUT2D eigenvalue weighted by atomic mass is 16.5. The standard InChI is InChI=1S/C18H27NO2/c1-15(2)13-16(3)19(4)10-12-21-18-9-5-7-17(14-18)8-6-11-20/h5,7,9,14-16,20H,10-13H2,1-4H3. The van der Waals surface area contributed by atoms with Gasteiger partial charge in [0.15, 0.2) is 0 Å². The first-order valence-corrected chi connectivity index (χ1v) is 7.55. The van der Waals surface area contributed by atoms with E-state index < -0.39 is 0 Å². The number of hydrogen-bond acceptors (Lipinski definition) is 3. The third-order valence-electron chi connectivity index (χ3n) is 3.42. The van der Waals surface area contributed by atoms with Gasteiger partial charge in [-0.2, -0.15) is 0 Å². The number of hydrogen-bond donors (Lipinski definition) is 1. The molecule has 0 aromatic heterocycles. The molecule has 1 aromatic carbocycles. The largest absolute Gasteiger partial charge is 0.492 e. The number of benzene rings is 1. The lowest BCUT2D eigenvalue weighted by Crippen LogP contribution is -2.33. The molecule has 1 aromatic rings.